The molecule has 1 heterocycles. The van der Waals surface area contributed by atoms with E-state index in [1.165, 1.54) is 12.0 Å². The van der Waals surface area contributed by atoms with E-state index in [2.05, 4.69) is 30.5 Å². The number of ether oxygens (including phenoxy) is 1. The Morgan fingerprint density at radius 3 is 3.06 bits per heavy atom. The normalized spacial score (nSPS) is 12.9. The third-order valence-electron chi connectivity index (χ3n) is 2.69. The van der Waals surface area contributed by atoms with E-state index in [0.717, 1.165) is 26.2 Å². The van der Waals surface area contributed by atoms with Crippen molar-refractivity contribution >= 4 is 0 Å². The molecule has 1 aromatic heterocycles. The summed E-state index contributed by atoms with van der Waals surface area (Å²) in [7, 11) is 1.71. The van der Waals surface area contributed by atoms with Crippen molar-refractivity contribution in [2.24, 2.45) is 5.92 Å². The van der Waals surface area contributed by atoms with Gasteiger partial charge in [-0.05, 0) is 5.92 Å². The smallest absolute Gasteiger partial charge is 0.0587 e. The molecule has 1 N–H and O–H groups in total. The Kier molecular flexibility index (Phi) is 6.11. The summed E-state index contributed by atoms with van der Waals surface area (Å²) in [5.41, 5.74) is 1.24. The van der Waals surface area contributed by atoms with Crippen LogP contribution in [0.3, 0.4) is 0 Å². The van der Waals surface area contributed by atoms with E-state index in [9.17, 15) is 0 Å². The molecule has 0 amide bonds. The summed E-state index contributed by atoms with van der Waals surface area (Å²) in [6.07, 6.45) is 5.25. The number of methoxy groups -OCH3 is 1. The Morgan fingerprint density at radius 2 is 2.38 bits per heavy atom. The molecular formula is C12H23N3O. The van der Waals surface area contributed by atoms with Gasteiger partial charge in [0.05, 0.1) is 12.8 Å². The van der Waals surface area contributed by atoms with Gasteiger partial charge in [-0.1, -0.05) is 20.3 Å². The monoisotopic (exact) mass is 225 g/mol. The van der Waals surface area contributed by atoms with Crippen molar-refractivity contribution in [2.75, 3.05) is 20.3 Å². The van der Waals surface area contributed by atoms with Gasteiger partial charge in [-0.3, -0.25) is 4.68 Å². The molecule has 4 nitrogen and oxygen atoms in total. The predicted octanol–water partition coefficient (Wildman–Crippen LogP) is 1.67. The van der Waals surface area contributed by atoms with E-state index in [-0.39, 0.29) is 0 Å². The summed E-state index contributed by atoms with van der Waals surface area (Å²) in [6, 6.07) is 0. The molecule has 0 aliphatic rings. The second kappa shape index (κ2) is 7.41. The number of hydrogen-bond donors (Lipinski definition) is 1. The molecule has 0 aliphatic heterocycles. The Balaban J connectivity index is 2.28. The fraction of sp³-hybridized carbons (Fsp3) is 0.750. The maximum Gasteiger partial charge on any atom is 0.0587 e. The first-order chi connectivity index (χ1) is 7.76. The summed E-state index contributed by atoms with van der Waals surface area (Å²) < 4.78 is 7.00. The van der Waals surface area contributed by atoms with Crippen LogP contribution in [0.2, 0.25) is 0 Å². The van der Waals surface area contributed by atoms with Crippen LogP contribution in [-0.4, -0.2) is 30.0 Å². The molecule has 1 unspecified atom stereocenters. The first-order valence-corrected chi connectivity index (χ1v) is 5.97. The lowest BCUT2D eigenvalue weighted by molar-refractivity contribution is 0.199. The topological polar surface area (TPSA) is 39.1 Å². The van der Waals surface area contributed by atoms with Gasteiger partial charge in [0.2, 0.25) is 0 Å². The second-order valence-corrected chi connectivity index (χ2v) is 4.25. The summed E-state index contributed by atoms with van der Waals surface area (Å²) in [4.78, 5) is 0. The van der Waals surface area contributed by atoms with Crippen LogP contribution in [0.5, 0.6) is 0 Å². The van der Waals surface area contributed by atoms with Crippen LogP contribution in [0, 0.1) is 5.92 Å². The Labute approximate surface area is 98.0 Å². The quantitative estimate of drug-likeness (QED) is 0.684. The molecule has 1 rings (SSSR count). The number of nitrogens with zero attached hydrogens (tertiary/aromatic N) is 2. The highest BCUT2D eigenvalue weighted by atomic mass is 16.5. The van der Waals surface area contributed by atoms with Gasteiger partial charge in [0, 0.05) is 38.5 Å². The molecule has 0 aliphatic carbocycles. The molecule has 0 saturated carbocycles. The van der Waals surface area contributed by atoms with E-state index >= 15 is 0 Å². The molecule has 1 aromatic rings. The molecule has 0 bridgehead atoms. The molecule has 1 atom stereocenters. The summed E-state index contributed by atoms with van der Waals surface area (Å²) >= 11 is 0. The standard InChI is InChI=1S/C12H23N3O/c1-4-11(2)9-15-10-12(8-14-15)7-13-5-6-16-3/h8,10-11,13H,4-7,9H2,1-3H3. The van der Waals surface area contributed by atoms with Crippen LogP contribution >= 0.6 is 0 Å². The molecule has 4 heteroatoms. The Bertz CT molecular complexity index is 286. The second-order valence-electron chi connectivity index (χ2n) is 4.25. The van der Waals surface area contributed by atoms with Crippen molar-refractivity contribution in [1.29, 1.82) is 0 Å². The summed E-state index contributed by atoms with van der Waals surface area (Å²) in [5, 5.41) is 7.65. The number of rotatable bonds is 8. The largest absolute Gasteiger partial charge is 0.383 e. The minimum absolute atomic E-state index is 0.689. The average molecular weight is 225 g/mol. The lowest BCUT2D eigenvalue weighted by Crippen LogP contribution is -2.18. The average Bonchev–Trinajstić information content (AvgIpc) is 2.72. The minimum atomic E-state index is 0.689. The third-order valence-corrected chi connectivity index (χ3v) is 2.69. The van der Waals surface area contributed by atoms with E-state index in [1.54, 1.807) is 7.11 Å². The highest BCUT2D eigenvalue weighted by molar-refractivity contribution is 5.03. The number of nitrogens with one attached hydrogen (secondary N) is 1. The van der Waals surface area contributed by atoms with Gasteiger partial charge in [0.25, 0.3) is 0 Å². The minimum Gasteiger partial charge on any atom is -0.383 e. The molecule has 0 saturated heterocycles. The van der Waals surface area contributed by atoms with E-state index in [0.29, 0.717) is 5.92 Å². The lowest BCUT2D eigenvalue weighted by Gasteiger charge is -2.07. The fourth-order valence-corrected chi connectivity index (χ4v) is 1.45. The van der Waals surface area contributed by atoms with E-state index < -0.39 is 0 Å². The molecule has 92 valence electrons. The van der Waals surface area contributed by atoms with Crippen molar-refractivity contribution < 1.29 is 4.74 Å². The highest BCUT2D eigenvalue weighted by Crippen LogP contribution is 2.05. The van der Waals surface area contributed by atoms with Crippen molar-refractivity contribution in [1.82, 2.24) is 15.1 Å². The number of aromatic nitrogens is 2. The van der Waals surface area contributed by atoms with Crippen LogP contribution in [-0.2, 0) is 17.8 Å². The first kappa shape index (κ1) is 13.2. The number of hydrogen-bond acceptors (Lipinski definition) is 3. The predicted molar refractivity (Wildman–Crippen MR) is 65.3 cm³/mol. The van der Waals surface area contributed by atoms with E-state index in [4.69, 9.17) is 4.74 Å². The van der Waals surface area contributed by atoms with E-state index in [1.807, 2.05) is 10.9 Å². The fourth-order valence-electron chi connectivity index (χ4n) is 1.45. The lowest BCUT2D eigenvalue weighted by atomic mass is 10.1. The molecule has 0 radical (unpaired) electrons. The summed E-state index contributed by atoms with van der Waals surface area (Å²) in [6.45, 7) is 7.96. The van der Waals surface area contributed by atoms with Crippen LogP contribution in [0.25, 0.3) is 0 Å². The maximum atomic E-state index is 4.97. The van der Waals surface area contributed by atoms with Crippen LogP contribution in [0.15, 0.2) is 12.4 Å². The van der Waals surface area contributed by atoms with Crippen molar-refractivity contribution in [3.05, 3.63) is 18.0 Å². The van der Waals surface area contributed by atoms with Crippen LogP contribution < -0.4 is 5.32 Å². The molecule has 0 spiro atoms. The first-order valence-electron chi connectivity index (χ1n) is 5.97. The van der Waals surface area contributed by atoms with Gasteiger partial charge in [0.1, 0.15) is 0 Å². The highest BCUT2D eigenvalue weighted by Gasteiger charge is 2.02. The van der Waals surface area contributed by atoms with Crippen LogP contribution in [0.4, 0.5) is 0 Å². The molecular weight excluding hydrogens is 202 g/mol. The zero-order valence-corrected chi connectivity index (χ0v) is 10.6. The van der Waals surface area contributed by atoms with Gasteiger partial charge in [0.15, 0.2) is 0 Å². The Morgan fingerprint density at radius 1 is 1.56 bits per heavy atom. The molecule has 16 heavy (non-hydrogen) atoms. The zero-order chi connectivity index (χ0) is 11.8. The van der Waals surface area contributed by atoms with Crippen molar-refractivity contribution in [2.45, 2.75) is 33.4 Å². The van der Waals surface area contributed by atoms with Gasteiger partial charge in [-0.15, -0.1) is 0 Å². The maximum absolute atomic E-state index is 4.97. The van der Waals surface area contributed by atoms with Gasteiger partial charge in [-0.2, -0.15) is 5.10 Å². The summed E-state index contributed by atoms with van der Waals surface area (Å²) in [5.74, 6) is 0.689. The third kappa shape index (κ3) is 4.77. The Hall–Kier alpha value is -0.870. The molecule has 0 fully saturated rings. The molecule has 0 aromatic carbocycles. The van der Waals surface area contributed by atoms with Gasteiger partial charge in [-0.25, -0.2) is 0 Å². The van der Waals surface area contributed by atoms with Crippen molar-refractivity contribution in [3.63, 3.8) is 0 Å². The van der Waals surface area contributed by atoms with Crippen LogP contribution in [0.1, 0.15) is 25.8 Å². The van der Waals surface area contributed by atoms with Gasteiger partial charge >= 0.3 is 0 Å². The zero-order valence-electron chi connectivity index (χ0n) is 10.6. The van der Waals surface area contributed by atoms with Gasteiger partial charge < -0.3 is 10.1 Å². The van der Waals surface area contributed by atoms with Crippen molar-refractivity contribution in [3.8, 4) is 0 Å². The SMILES string of the molecule is CCC(C)Cn1cc(CNCCOC)cn1.